The molecule has 1 atom stereocenters. The Morgan fingerprint density at radius 3 is 2.59 bits per heavy atom. The summed E-state index contributed by atoms with van der Waals surface area (Å²) in [7, 11) is 0. The van der Waals surface area contributed by atoms with Gasteiger partial charge in [0.1, 0.15) is 0 Å². The van der Waals surface area contributed by atoms with Crippen LogP contribution in [0.4, 0.5) is 0 Å². The van der Waals surface area contributed by atoms with E-state index in [0.29, 0.717) is 5.57 Å². The highest BCUT2D eigenvalue weighted by Gasteiger charge is 2.29. The molecule has 0 radical (unpaired) electrons. The van der Waals surface area contributed by atoms with Gasteiger partial charge in [0.15, 0.2) is 5.78 Å². The maximum Gasteiger partial charge on any atom is 0.192 e. The Labute approximate surface area is 102 Å². The molecule has 1 aliphatic carbocycles. The molecule has 1 aromatic rings. The lowest BCUT2D eigenvalue weighted by atomic mass is 9.88. The highest BCUT2D eigenvalue weighted by atomic mass is 16.1. The molecule has 88 valence electrons. The van der Waals surface area contributed by atoms with Crippen LogP contribution in [0.3, 0.4) is 0 Å². The fourth-order valence-electron chi connectivity index (χ4n) is 2.05. The van der Waals surface area contributed by atoms with Crippen molar-refractivity contribution in [2.75, 3.05) is 0 Å². The molecule has 0 bridgehead atoms. The average molecular weight is 227 g/mol. The van der Waals surface area contributed by atoms with Crippen LogP contribution in [0.15, 0.2) is 47.7 Å². The van der Waals surface area contributed by atoms with Gasteiger partial charge in [-0.05, 0) is 26.3 Å². The first kappa shape index (κ1) is 11.6. The van der Waals surface area contributed by atoms with E-state index in [1.165, 1.54) is 11.1 Å². The molecule has 2 rings (SSSR count). The topological polar surface area (TPSA) is 29.1 Å². The zero-order valence-electron chi connectivity index (χ0n) is 10.5. The second-order valence-corrected chi connectivity index (χ2v) is 4.59. The maximum atomic E-state index is 11.3. The summed E-state index contributed by atoms with van der Waals surface area (Å²) in [4.78, 5) is 11.3. The monoisotopic (exact) mass is 227 g/mol. The zero-order valence-corrected chi connectivity index (χ0v) is 10.5. The van der Waals surface area contributed by atoms with E-state index in [-0.39, 0.29) is 11.8 Å². The number of allylic oxidation sites excluding steroid dienone is 2. The largest absolute Gasteiger partial charge is 0.378 e. The summed E-state index contributed by atoms with van der Waals surface area (Å²) in [6.07, 6.45) is 0. The van der Waals surface area contributed by atoms with Gasteiger partial charge < -0.3 is 5.32 Å². The van der Waals surface area contributed by atoms with Crippen LogP contribution in [-0.4, -0.2) is 5.78 Å². The number of aryl methyl sites for hydroxylation is 1. The summed E-state index contributed by atoms with van der Waals surface area (Å²) in [5.41, 5.74) is 4.75. The summed E-state index contributed by atoms with van der Waals surface area (Å²) >= 11 is 0. The van der Waals surface area contributed by atoms with Crippen LogP contribution in [0, 0.1) is 6.92 Å². The predicted molar refractivity (Wildman–Crippen MR) is 69.6 cm³/mol. The first-order chi connectivity index (χ1) is 8.00. The minimum absolute atomic E-state index is 0.0731. The number of ketones is 1. The molecular weight excluding hydrogens is 210 g/mol. The van der Waals surface area contributed by atoms with Gasteiger partial charge in [-0.25, -0.2) is 0 Å². The minimum Gasteiger partial charge on any atom is -0.378 e. The van der Waals surface area contributed by atoms with Gasteiger partial charge in [0.05, 0.1) is 5.70 Å². The Hall–Kier alpha value is -1.83. The van der Waals surface area contributed by atoms with Crippen LogP contribution in [-0.2, 0) is 4.79 Å². The lowest BCUT2D eigenvalue weighted by Gasteiger charge is -2.27. The molecule has 0 amide bonds. The van der Waals surface area contributed by atoms with Crippen molar-refractivity contribution in [3.63, 3.8) is 0 Å². The summed E-state index contributed by atoms with van der Waals surface area (Å²) in [6.45, 7) is 9.77. The SMILES string of the molecule is C=C1C(=O)C(C)=C1NC(C)c1cccc(C)c1. The van der Waals surface area contributed by atoms with Gasteiger partial charge in [-0.3, -0.25) is 4.79 Å². The van der Waals surface area contributed by atoms with E-state index in [0.717, 1.165) is 11.3 Å². The molecule has 1 aromatic carbocycles. The second-order valence-electron chi connectivity index (χ2n) is 4.59. The lowest BCUT2D eigenvalue weighted by molar-refractivity contribution is -0.113. The normalized spacial score (nSPS) is 16.9. The lowest BCUT2D eigenvalue weighted by Crippen LogP contribution is -2.31. The highest BCUT2D eigenvalue weighted by molar-refractivity contribution is 6.18. The third kappa shape index (κ3) is 2.03. The molecule has 0 spiro atoms. The number of hydrogen-bond donors (Lipinski definition) is 1. The molecule has 1 N–H and O–H groups in total. The number of carbonyl (C=O) groups excluding carboxylic acids is 1. The van der Waals surface area contributed by atoms with Gasteiger partial charge in [0, 0.05) is 17.2 Å². The van der Waals surface area contributed by atoms with Crippen LogP contribution in [0.1, 0.15) is 31.0 Å². The molecule has 0 fully saturated rings. The third-order valence-corrected chi connectivity index (χ3v) is 3.19. The third-order valence-electron chi connectivity index (χ3n) is 3.19. The zero-order chi connectivity index (χ0) is 12.6. The number of carbonyl (C=O) groups is 1. The van der Waals surface area contributed by atoms with Crippen molar-refractivity contribution in [2.24, 2.45) is 0 Å². The van der Waals surface area contributed by atoms with E-state index < -0.39 is 0 Å². The fourth-order valence-corrected chi connectivity index (χ4v) is 2.05. The predicted octanol–water partition coefficient (Wildman–Crippen LogP) is 3.06. The van der Waals surface area contributed by atoms with Crippen molar-refractivity contribution in [1.29, 1.82) is 0 Å². The summed E-state index contributed by atoms with van der Waals surface area (Å²) < 4.78 is 0. The number of rotatable bonds is 3. The van der Waals surface area contributed by atoms with E-state index in [2.05, 4.69) is 43.9 Å². The molecule has 1 aliphatic rings. The van der Waals surface area contributed by atoms with Gasteiger partial charge in [-0.1, -0.05) is 36.4 Å². The van der Waals surface area contributed by atoms with Crippen molar-refractivity contribution in [3.8, 4) is 0 Å². The molecule has 0 heterocycles. The maximum absolute atomic E-state index is 11.3. The highest BCUT2D eigenvalue weighted by Crippen LogP contribution is 2.28. The standard InChI is InChI=1S/C15H17NO/c1-9-6-5-7-13(8-9)12(4)16-14-10(2)15(17)11(14)3/h5-8,12,16H,2H2,1,3-4H3. The van der Waals surface area contributed by atoms with E-state index in [1.807, 2.05) is 13.0 Å². The van der Waals surface area contributed by atoms with Gasteiger partial charge >= 0.3 is 0 Å². The average Bonchev–Trinajstić information content (AvgIpc) is 2.34. The number of nitrogens with one attached hydrogen (secondary N) is 1. The minimum atomic E-state index is 0.0731. The van der Waals surface area contributed by atoms with Crippen molar-refractivity contribution in [3.05, 3.63) is 58.8 Å². The van der Waals surface area contributed by atoms with Crippen LogP contribution in [0.5, 0.6) is 0 Å². The first-order valence-corrected chi connectivity index (χ1v) is 5.78. The summed E-state index contributed by atoms with van der Waals surface area (Å²) in [5.74, 6) is 0.0731. The van der Waals surface area contributed by atoms with Crippen LogP contribution in [0.2, 0.25) is 0 Å². The number of benzene rings is 1. The van der Waals surface area contributed by atoms with Gasteiger partial charge in [-0.2, -0.15) is 0 Å². The quantitative estimate of drug-likeness (QED) is 0.804. The van der Waals surface area contributed by atoms with Gasteiger partial charge in [-0.15, -0.1) is 0 Å². The molecule has 0 aliphatic heterocycles. The molecule has 0 saturated heterocycles. The molecule has 1 unspecified atom stereocenters. The number of hydrogen-bond acceptors (Lipinski definition) is 2. The van der Waals surface area contributed by atoms with E-state index >= 15 is 0 Å². The molecule has 17 heavy (non-hydrogen) atoms. The second kappa shape index (κ2) is 4.21. The van der Waals surface area contributed by atoms with Crippen LogP contribution < -0.4 is 5.32 Å². The Balaban J connectivity index is 2.16. The Morgan fingerprint density at radius 2 is 2.00 bits per heavy atom. The van der Waals surface area contributed by atoms with Gasteiger partial charge in [0.25, 0.3) is 0 Å². The summed E-state index contributed by atoms with van der Waals surface area (Å²) in [5, 5.41) is 3.35. The first-order valence-electron chi connectivity index (χ1n) is 5.78. The Kier molecular flexibility index (Phi) is 2.88. The molecule has 0 aromatic heterocycles. The number of Topliss-reactive ketones (excluding diaryl/α,β-unsaturated/α-hetero) is 1. The van der Waals surface area contributed by atoms with Crippen molar-refractivity contribution in [1.82, 2.24) is 5.32 Å². The van der Waals surface area contributed by atoms with Crippen molar-refractivity contribution in [2.45, 2.75) is 26.8 Å². The smallest absolute Gasteiger partial charge is 0.192 e. The Bertz CT molecular complexity index is 525. The van der Waals surface area contributed by atoms with E-state index in [9.17, 15) is 4.79 Å². The Morgan fingerprint density at radius 1 is 1.29 bits per heavy atom. The molecule has 0 saturated carbocycles. The van der Waals surface area contributed by atoms with E-state index in [1.54, 1.807) is 0 Å². The molecular formula is C15H17NO. The summed E-state index contributed by atoms with van der Waals surface area (Å²) in [6, 6.07) is 8.54. The molecule has 2 nitrogen and oxygen atoms in total. The van der Waals surface area contributed by atoms with E-state index in [4.69, 9.17) is 0 Å². The van der Waals surface area contributed by atoms with Crippen LogP contribution >= 0.6 is 0 Å². The molecule has 2 heteroatoms. The van der Waals surface area contributed by atoms with Gasteiger partial charge in [0.2, 0.25) is 0 Å². The van der Waals surface area contributed by atoms with Crippen LogP contribution in [0.25, 0.3) is 0 Å². The van der Waals surface area contributed by atoms with Crippen molar-refractivity contribution >= 4 is 5.78 Å². The fraction of sp³-hybridized carbons (Fsp3) is 0.267. The van der Waals surface area contributed by atoms with Crippen molar-refractivity contribution < 1.29 is 4.79 Å².